The lowest BCUT2D eigenvalue weighted by molar-refractivity contribution is -0.153. The van der Waals surface area contributed by atoms with Gasteiger partial charge in [-0.2, -0.15) is 0 Å². The Morgan fingerprint density at radius 2 is 2.06 bits per heavy atom. The highest BCUT2D eigenvalue weighted by molar-refractivity contribution is 5.83. The number of ether oxygens (including phenoxy) is 1. The van der Waals surface area contributed by atoms with Gasteiger partial charge in [0.05, 0.1) is 12.6 Å². The Bertz CT molecular complexity index is 305. The minimum Gasteiger partial charge on any atom is -0.465 e. The van der Waals surface area contributed by atoms with Crippen LogP contribution in [0.25, 0.3) is 0 Å². The smallest absolute Gasteiger partial charge is 0.323 e. The Morgan fingerprint density at radius 3 is 2.61 bits per heavy atom. The summed E-state index contributed by atoms with van der Waals surface area (Å²) in [5.74, 6) is -0.165. The van der Waals surface area contributed by atoms with Crippen LogP contribution in [0.3, 0.4) is 0 Å². The topological polar surface area (TPSA) is 49.9 Å². The van der Waals surface area contributed by atoms with Crippen LogP contribution >= 0.6 is 0 Å². The average molecular weight is 256 g/mol. The fourth-order valence-electron chi connectivity index (χ4n) is 2.42. The summed E-state index contributed by atoms with van der Waals surface area (Å²) in [6.45, 7) is 4.84. The summed E-state index contributed by atoms with van der Waals surface area (Å²) in [7, 11) is 3.48. The van der Waals surface area contributed by atoms with Crippen LogP contribution in [0.4, 0.5) is 0 Å². The predicted molar refractivity (Wildman–Crippen MR) is 69.1 cm³/mol. The van der Waals surface area contributed by atoms with Crippen LogP contribution in [0.15, 0.2) is 0 Å². The first kappa shape index (κ1) is 15.0. The minimum absolute atomic E-state index is 0.0335. The molecule has 1 amide bonds. The molecule has 18 heavy (non-hydrogen) atoms. The van der Waals surface area contributed by atoms with E-state index in [1.165, 1.54) is 0 Å². The van der Waals surface area contributed by atoms with Crippen molar-refractivity contribution in [2.24, 2.45) is 0 Å². The van der Waals surface area contributed by atoms with E-state index in [-0.39, 0.29) is 24.0 Å². The minimum atomic E-state index is -0.269. The number of carbonyl (C=O) groups is 2. The molecule has 0 bridgehead atoms. The second-order valence-electron chi connectivity index (χ2n) is 4.91. The van der Waals surface area contributed by atoms with Crippen molar-refractivity contribution in [2.75, 3.05) is 27.2 Å². The van der Waals surface area contributed by atoms with Gasteiger partial charge in [0, 0.05) is 14.1 Å². The van der Waals surface area contributed by atoms with Crippen LogP contribution < -0.4 is 0 Å². The number of esters is 1. The van der Waals surface area contributed by atoms with E-state index in [1.807, 2.05) is 11.8 Å². The summed E-state index contributed by atoms with van der Waals surface area (Å²) in [4.78, 5) is 27.5. The largest absolute Gasteiger partial charge is 0.465 e. The molecular weight excluding hydrogens is 232 g/mol. The molecule has 0 saturated carbocycles. The Labute approximate surface area is 109 Å². The van der Waals surface area contributed by atoms with Crippen molar-refractivity contribution in [1.82, 2.24) is 9.80 Å². The van der Waals surface area contributed by atoms with Crippen LogP contribution in [-0.2, 0) is 14.3 Å². The van der Waals surface area contributed by atoms with E-state index in [0.29, 0.717) is 6.61 Å². The van der Waals surface area contributed by atoms with Crippen LogP contribution in [-0.4, -0.2) is 61.0 Å². The molecule has 1 aliphatic heterocycles. The molecule has 104 valence electrons. The van der Waals surface area contributed by atoms with Gasteiger partial charge in [0.1, 0.15) is 6.04 Å². The number of piperidine rings is 1. The Kier molecular flexibility index (Phi) is 5.59. The molecule has 5 heteroatoms. The van der Waals surface area contributed by atoms with Gasteiger partial charge in [-0.1, -0.05) is 6.42 Å². The second kappa shape index (κ2) is 6.73. The Morgan fingerprint density at radius 1 is 1.39 bits per heavy atom. The molecule has 1 heterocycles. The molecule has 0 radical (unpaired) electrons. The lowest BCUT2D eigenvalue weighted by Gasteiger charge is -2.38. The lowest BCUT2D eigenvalue weighted by atomic mass is 9.99. The van der Waals surface area contributed by atoms with Crippen molar-refractivity contribution in [2.45, 2.75) is 45.2 Å². The van der Waals surface area contributed by atoms with E-state index in [1.54, 1.807) is 25.9 Å². The van der Waals surface area contributed by atoms with Crippen molar-refractivity contribution in [3.8, 4) is 0 Å². The van der Waals surface area contributed by atoms with Crippen molar-refractivity contribution in [3.63, 3.8) is 0 Å². The maximum absolute atomic E-state index is 12.0. The number of hydrogen-bond donors (Lipinski definition) is 0. The second-order valence-corrected chi connectivity index (χ2v) is 4.91. The maximum atomic E-state index is 12.0. The van der Waals surface area contributed by atoms with Gasteiger partial charge in [-0.15, -0.1) is 0 Å². The van der Waals surface area contributed by atoms with Gasteiger partial charge >= 0.3 is 5.97 Å². The summed E-state index contributed by atoms with van der Waals surface area (Å²) in [5, 5.41) is 0. The number of likely N-dealkylation sites (tertiary alicyclic amines) is 1. The first-order chi connectivity index (χ1) is 8.49. The summed E-state index contributed by atoms with van der Waals surface area (Å²) < 4.78 is 5.10. The lowest BCUT2D eigenvalue weighted by Crippen LogP contribution is -2.54. The molecule has 0 aromatic carbocycles. The normalized spacial score (nSPS) is 22.3. The first-order valence-corrected chi connectivity index (χ1v) is 6.62. The average Bonchev–Trinajstić information content (AvgIpc) is 2.37. The van der Waals surface area contributed by atoms with Crippen molar-refractivity contribution >= 4 is 11.9 Å². The Balaban J connectivity index is 2.75. The summed E-state index contributed by atoms with van der Waals surface area (Å²) >= 11 is 0. The zero-order chi connectivity index (χ0) is 13.7. The highest BCUT2D eigenvalue weighted by Gasteiger charge is 2.35. The van der Waals surface area contributed by atoms with E-state index in [4.69, 9.17) is 4.74 Å². The van der Waals surface area contributed by atoms with E-state index in [2.05, 4.69) is 0 Å². The van der Waals surface area contributed by atoms with Gasteiger partial charge in [-0.05, 0) is 33.2 Å². The standard InChI is InChI=1S/C13H24N2O3/c1-5-18-13(17)11-8-6-7-9-15(11)10(2)12(16)14(3)4/h10-11H,5-9H2,1-4H3. The van der Waals surface area contributed by atoms with Gasteiger partial charge in [0.2, 0.25) is 5.91 Å². The molecule has 0 spiro atoms. The number of amides is 1. The summed E-state index contributed by atoms with van der Waals surface area (Å²) in [6, 6.07) is -0.535. The van der Waals surface area contributed by atoms with Gasteiger partial charge in [0.15, 0.2) is 0 Å². The third-order valence-electron chi connectivity index (χ3n) is 3.40. The maximum Gasteiger partial charge on any atom is 0.323 e. The molecule has 1 fully saturated rings. The number of nitrogens with zero attached hydrogens (tertiary/aromatic N) is 2. The Hall–Kier alpha value is -1.10. The molecule has 0 N–H and O–H groups in total. The monoisotopic (exact) mass is 256 g/mol. The quantitative estimate of drug-likeness (QED) is 0.701. The van der Waals surface area contributed by atoms with Crippen LogP contribution in [0.2, 0.25) is 0 Å². The molecule has 0 aliphatic carbocycles. The zero-order valence-corrected chi connectivity index (χ0v) is 11.8. The summed E-state index contributed by atoms with van der Waals surface area (Å²) in [5.41, 5.74) is 0. The van der Waals surface area contributed by atoms with Gasteiger partial charge < -0.3 is 9.64 Å². The van der Waals surface area contributed by atoms with E-state index < -0.39 is 0 Å². The SMILES string of the molecule is CCOC(=O)C1CCCCN1C(C)C(=O)N(C)C. The van der Waals surface area contributed by atoms with Crippen LogP contribution in [0.5, 0.6) is 0 Å². The van der Waals surface area contributed by atoms with Gasteiger partial charge in [0.25, 0.3) is 0 Å². The van der Waals surface area contributed by atoms with Gasteiger partial charge in [-0.25, -0.2) is 0 Å². The molecule has 2 unspecified atom stereocenters. The van der Waals surface area contributed by atoms with Crippen LogP contribution in [0, 0.1) is 0 Å². The van der Waals surface area contributed by atoms with E-state index in [0.717, 1.165) is 25.8 Å². The molecule has 2 atom stereocenters. The van der Waals surface area contributed by atoms with E-state index in [9.17, 15) is 9.59 Å². The van der Waals surface area contributed by atoms with Crippen molar-refractivity contribution < 1.29 is 14.3 Å². The zero-order valence-electron chi connectivity index (χ0n) is 11.8. The number of hydrogen-bond acceptors (Lipinski definition) is 4. The predicted octanol–water partition coefficient (Wildman–Crippen LogP) is 0.881. The molecule has 1 rings (SSSR count). The highest BCUT2D eigenvalue weighted by atomic mass is 16.5. The molecular formula is C13H24N2O3. The van der Waals surface area contributed by atoms with Gasteiger partial charge in [-0.3, -0.25) is 14.5 Å². The van der Waals surface area contributed by atoms with E-state index >= 15 is 0 Å². The molecule has 0 aromatic rings. The summed E-state index contributed by atoms with van der Waals surface area (Å²) in [6.07, 6.45) is 2.83. The number of carbonyl (C=O) groups excluding carboxylic acids is 2. The molecule has 1 aliphatic rings. The molecule has 1 saturated heterocycles. The molecule has 5 nitrogen and oxygen atoms in total. The van der Waals surface area contributed by atoms with Crippen molar-refractivity contribution in [1.29, 1.82) is 0 Å². The fraction of sp³-hybridized carbons (Fsp3) is 0.846. The van der Waals surface area contributed by atoms with Crippen LogP contribution in [0.1, 0.15) is 33.1 Å². The fourth-order valence-corrected chi connectivity index (χ4v) is 2.42. The number of rotatable bonds is 4. The highest BCUT2D eigenvalue weighted by Crippen LogP contribution is 2.21. The number of likely N-dealkylation sites (N-methyl/N-ethyl adjacent to an activating group) is 1. The first-order valence-electron chi connectivity index (χ1n) is 6.62. The van der Waals surface area contributed by atoms with Crippen molar-refractivity contribution in [3.05, 3.63) is 0 Å². The third kappa shape index (κ3) is 3.45. The third-order valence-corrected chi connectivity index (χ3v) is 3.40. The molecule has 0 aromatic heterocycles.